The second-order valence-corrected chi connectivity index (χ2v) is 5.39. The number of carbonyl (C=O) groups is 1. The van der Waals surface area contributed by atoms with Gasteiger partial charge in [0.15, 0.2) is 0 Å². The van der Waals surface area contributed by atoms with Gasteiger partial charge >= 0.3 is 0 Å². The Kier molecular flexibility index (Phi) is 5.29. The molecule has 2 N–H and O–H groups in total. The molecule has 0 bridgehead atoms. The van der Waals surface area contributed by atoms with Crippen molar-refractivity contribution in [3.8, 4) is 0 Å². The summed E-state index contributed by atoms with van der Waals surface area (Å²) < 4.78 is 0. The molecule has 0 radical (unpaired) electrons. The molecule has 1 atom stereocenters. The summed E-state index contributed by atoms with van der Waals surface area (Å²) in [4.78, 5) is 18.0. The maximum Gasteiger partial charge on any atom is 0.288 e. The Labute approximate surface area is 119 Å². The molecule has 1 amide bonds. The van der Waals surface area contributed by atoms with Crippen molar-refractivity contribution in [1.29, 1.82) is 0 Å². The molecule has 20 heavy (non-hydrogen) atoms. The van der Waals surface area contributed by atoms with Crippen LogP contribution in [0, 0.1) is 5.92 Å². The molecule has 1 aromatic heterocycles. The Balaban J connectivity index is 1.71. The van der Waals surface area contributed by atoms with E-state index in [1.54, 1.807) is 0 Å². The van der Waals surface area contributed by atoms with Crippen LogP contribution in [-0.2, 0) is 0 Å². The lowest BCUT2D eigenvalue weighted by atomic mass is 10.1. The highest BCUT2D eigenvalue weighted by molar-refractivity contribution is 5.90. The predicted octanol–water partition coefficient (Wildman–Crippen LogP) is 1.21. The van der Waals surface area contributed by atoms with E-state index in [4.69, 9.17) is 0 Å². The Morgan fingerprint density at radius 2 is 2.50 bits per heavy atom. The molecular formula is C14H23N5O. The van der Waals surface area contributed by atoms with Gasteiger partial charge in [-0.3, -0.25) is 14.8 Å². The summed E-state index contributed by atoms with van der Waals surface area (Å²) in [7, 11) is 0. The molecule has 110 valence electrons. The maximum atomic E-state index is 11.7. The predicted molar refractivity (Wildman–Crippen MR) is 77.3 cm³/mol. The lowest BCUT2D eigenvalue weighted by Gasteiger charge is -2.16. The molecule has 1 unspecified atom stereocenters. The summed E-state index contributed by atoms with van der Waals surface area (Å²) in [6.45, 7) is 8.24. The first-order valence-corrected chi connectivity index (χ1v) is 7.20. The van der Waals surface area contributed by atoms with Gasteiger partial charge in [-0.1, -0.05) is 18.6 Å². The van der Waals surface area contributed by atoms with E-state index in [2.05, 4.69) is 45.3 Å². The molecule has 0 aliphatic carbocycles. The zero-order valence-corrected chi connectivity index (χ0v) is 12.2. The number of nitrogens with one attached hydrogen (secondary N) is 2. The fraction of sp³-hybridized carbons (Fsp3) is 0.643. The van der Waals surface area contributed by atoms with E-state index in [0.717, 1.165) is 32.5 Å². The molecule has 1 aliphatic heterocycles. The van der Waals surface area contributed by atoms with Crippen LogP contribution in [0.1, 0.15) is 37.3 Å². The van der Waals surface area contributed by atoms with E-state index in [0.29, 0.717) is 12.5 Å². The average molecular weight is 277 g/mol. The van der Waals surface area contributed by atoms with Crippen LogP contribution in [0.2, 0.25) is 0 Å². The molecule has 0 saturated carbocycles. The minimum atomic E-state index is -0.178. The van der Waals surface area contributed by atoms with Crippen molar-refractivity contribution in [3.63, 3.8) is 0 Å². The molecule has 0 spiro atoms. The van der Waals surface area contributed by atoms with Crippen molar-refractivity contribution < 1.29 is 4.79 Å². The normalized spacial score (nSPS) is 20.3. The van der Waals surface area contributed by atoms with E-state index in [9.17, 15) is 4.79 Å². The van der Waals surface area contributed by atoms with Crippen molar-refractivity contribution >= 4 is 5.91 Å². The van der Waals surface area contributed by atoms with E-state index < -0.39 is 0 Å². The zero-order chi connectivity index (χ0) is 14.4. The smallest absolute Gasteiger partial charge is 0.288 e. The maximum absolute atomic E-state index is 11.7. The summed E-state index contributed by atoms with van der Waals surface area (Å²) in [6.07, 6.45) is 5.85. The molecule has 2 heterocycles. The molecular weight excluding hydrogens is 254 g/mol. The van der Waals surface area contributed by atoms with E-state index in [1.165, 1.54) is 11.9 Å². The van der Waals surface area contributed by atoms with Crippen LogP contribution in [0.3, 0.4) is 0 Å². The van der Waals surface area contributed by atoms with Gasteiger partial charge in [-0.2, -0.15) is 5.10 Å². The number of carbonyl (C=O) groups excluding carboxylic acids is 1. The standard InChI is InChI=1S/C14H23N5O/c1-3-4-11(2)8-19-6-5-12(9-19)7-15-14(20)13-16-10-17-18-13/h4,10,12H,3,5-9H2,1-2H3,(H,15,20)(H,16,17,18). The summed E-state index contributed by atoms with van der Waals surface area (Å²) in [6, 6.07) is 0. The van der Waals surface area contributed by atoms with Gasteiger partial charge in [-0.05, 0) is 32.2 Å². The lowest BCUT2D eigenvalue weighted by molar-refractivity contribution is 0.0937. The number of hydrogen-bond donors (Lipinski definition) is 2. The van der Waals surface area contributed by atoms with Gasteiger partial charge in [-0.15, -0.1) is 0 Å². The van der Waals surface area contributed by atoms with Crippen LogP contribution < -0.4 is 5.32 Å². The van der Waals surface area contributed by atoms with Crippen LogP contribution in [0.15, 0.2) is 18.0 Å². The number of aromatic amines is 1. The van der Waals surface area contributed by atoms with Gasteiger partial charge < -0.3 is 5.32 Å². The first-order valence-electron chi connectivity index (χ1n) is 7.20. The number of hydrogen-bond acceptors (Lipinski definition) is 4. The number of allylic oxidation sites excluding steroid dienone is 1. The Bertz CT molecular complexity index is 454. The fourth-order valence-corrected chi connectivity index (χ4v) is 2.62. The highest BCUT2D eigenvalue weighted by Crippen LogP contribution is 2.16. The molecule has 6 nitrogen and oxygen atoms in total. The van der Waals surface area contributed by atoms with Crippen LogP contribution in [0.25, 0.3) is 0 Å². The summed E-state index contributed by atoms with van der Waals surface area (Å²) >= 11 is 0. The number of aromatic nitrogens is 3. The summed E-state index contributed by atoms with van der Waals surface area (Å²) in [5.41, 5.74) is 1.43. The van der Waals surface area contributed by atoms with Crippen LogP contribution in [-0.4, -0.2) is 52.2 Å². The highest BCUT2D eigenvalue weighted by atomic mass is 16.2. The van der Waals surface area contributed by atoms with Gasteiger partial charge in [0.25, 0.3) is 5.91 Å². The Hall–Kier alpha value is -1.69. The van der Waals surface area contributed by atoms with Gasteiger partial charge in [0.1, 0.15) is 6.33 Å². The van der Waals surface area contributed by atoms with Crippen molar-refractivity contribution in [3.05, 3.63) is 23.8 Å². The first kappa shape index (κ1) is 14.7. The second-order valence-electron chi connectivity index (χ2n) is 5.39. The topological polar surface area (TPSA) is 73.9 Å². The van der Waals surface area contributed by atoms with Crippen LogP contribution >= 0.6 is 0 Å². The van der Waals surface area contributed by atoms with E-state index in [-0.39, 0.29) is 11.7 Å². The third-order valence-electron chi connectivity index (χ3n) is 3.58. The monoisotopic (exact) mass is 277 g/mol. The molecule has 2 rings (SSSR count). The Morgan fingerprint density at radius 3 is 3.20 bits per heavy atom. The summed E-state index contributed by atoms with van der Waals surface area (Å²) in [5.74, 6) is 0.626. The number of nitrogens with zero attached hydrogens (tertiary/aromatic N) is 3. The fourth-order valence-electron chi connectivity index (χ4n) is 2.62. The van der Waals surface area contributed by atoms with E-state index >= 15 is 0 Å². The minimum Gasteiger partial charge on any atom is -0.349 e. The molecule has 0 aromatic carbocycles. The largest absolute Gasteiger partial charge is 0.349 e. The SMILES string of the molecule is CCC=C(C)CN1CCC(CNC(=O)c2ncn[nH]2)C1. The van der Waals surface area contributed by atoms with Crippen molar-refractivity contribution in [2.45, 2.75) is 26.7 Å². The number of amides is 1. The molecule has 1 saturated heterocycles. The van der Waals surface area contributed by atoms with E-state index in [1.807, 2.05) is 0 Å². The second kappa shape index (κ2) is 7.19. The van der Waals surface area contributed by atoms with Crippen molar-refractivity contribution in [2.24, 2.45) is 5.92 Å². The molecule has 1 aromatic rings. The van der Waals surface area contributed by atoms with Crippen molar-refractivity contribution in [2.75, 3.05) is 26.2 Å². The third kappa shape index (κ3) is 4.16. The quantitative estimate of drug-likeness (QED) is 0.767. The number of H-pyrrole nitrogens is 1. The van der Waals surface area contributed by atoms with Gasteiger partial charge in [-0.25, -0.2) is 4.98 Å². The highest BCUT2D eigenvalue weighted by Gasteiger charge is 2.23. The minimum absolute atomic E-state index is 0.178. The van der Waals surface area contributed by atoms with Gasteiger partial charge in [0, 0.05) is 19.6 Å². The first-order chi connectivity index (χ1) is 9.69. The van der Waals surface area contributed by atoms with Crippen LogP contribution in [0.5, 0.6) is 0 Å². The number of rotatable bonds is 6. The number of likely N-dealkylation sites (tertiary alicyclic amines) is 1. The zero-order valence-electron chi connectivity index (χ0n) is 12.2. The third-order valence-corrected chi connectivity index (χ3v) is 3.58. The average Bonchev–Trinajstić information content (AvgIpc) is 3.07. The molecule has 1 fully saturated rings. The van der Waals surface area contributed by atoms with Crippen molar-refractivity contribution in [1.82, 2.24) is 25.4 Å². The lowest BCUT2D eigenvalue weighted by Crippen LogP contribution is -2.32. The van der Waals surface area contributed by atoms with Gasteiger partial charge in [0.2, 0.25) is 5.82 Å². The molecule has 6 heteroatoms. The molecule has 1 aliphatic rings. The Morgan fingerprint density at radius 1 is 1.65 bits per heavy atom. The summed E-state index contributed by atoms with van der Waals surface area (Å²) in [5, 5.41) is 9.16. The van der Waals surface area contributed by atoms with Gasteiger partial charge in [0.05, 0.1) is 0 Å². The van der Waals surface area contributed by atoms with Crippen LogP contribution in [0.4, 0.5) is 0 Å².